The molecule has 100 valence electrons. The van der Waals surface area contributed by atoms with Gasteiger partial charge < -0.3 is 0 Å². The number of nitrogens with one attached hydrogen (secondary N) is 1. The van der Waals surface area contributed by atoms with Crippen LogP contribution in [0.3, 0.4) is 0 Å². The van der Waals surface area contributed by atoms with Crippen molar-refractivity contribution in [3.8, 4) is 0 Å². The quantitative estimate of drug-likeness (QED) is 0.667. The number of halogens is 2. The van der Waals surface area contributed by atoms with Gasteiger partial charge in [0.15, 0.2) is 0 Å². The molecule has 2 nitrogen and oxygen atoms in total. The van der Waals surface area contributed by atoms with Crippen molar-refractivity contribution in [1.82, 2.24) is 5.43 Å². The lowest BCUT2D eigenvalue weighted by molar-refractivity contribution is 0.612. The van der Waals surface area contributed by atoms with E-state index in [9.17, 15) is 4.39 Å². The summed E-state index contributed by atoms with van der Waals surface area (Å²) in [5.74, 6) is 5.40. The third kappa shape index (κ3) is 3.03. The summed E-state index contributed by atoms with van der Waals surface area (Å²) < 4.78 is 13.9. The normalized spacial score (nSPS) is 12.5. The van der Waals surface area contributed by atoms with Crippen molar-refractivity contribution >= 4 is 15.9 Å². The Morgan fingerprint density at radius 2 is 1.84 bits per heavy atom. The molecule has 1 atom stereocenters. The molecular weight excluding hydrogens is 307 g/mol. The standard InChI is InChI=1S/C15H16BrFN2/c1-9-3-4-11(7-10(9)2)15(19-18)13-6-5-12(17)8-14(13)16/h3-8,15,19H,18H2,1-2H3. The highest BCUT2D eigenvalue weighted by Gasteiger charge is 2.16. The number of hydrogen-bond donors (Lipinski definition) is 2. The Morgan fingerprint density at radius 1 is 1.11 bits per heavy atom. The molecule has 0 aromatic heterocycles. The van der Waals surface area contributed by atoms with Crippen LogP contribution in [0.15, 0.2) is 40.9 Å². The largest absolute Gasteiger partial charge is 0.271 e. The Bertz CT molecular complexity index is 599. The predicted octanol–water partition coefficient (Wildman–Crippen LogP) is 3.76. The van der Waals surface area contributed by atoms with Gasteiger partial charge in [-0.3, -0.25) is 5.84 Å². The third-order valence-electron chi connectivity index (χ3n) is 3.30. The molecule has 0 aliphatic carbocycles. The lowest BCUT2D eigenvalue weighted by Gasteiger charge is -2.19. The van der Waals surface area contributed by atoms with E-state index in [0.29, 0.717) is 4.47 Å². The summed E-state index contributed by atoms with van der Waals surface area (Å²) in [6.07, 6.45) is 0. The summed E-state index contributed by atoms with van der Waals surface area (Å²) in [6.45, 7) is 4.13. The smallest absolute Gasteiger partial charge is 0.124 e. The van der Waals surface area contributed by atoms with E-state index in [1.165, 1.54) is 23.3 Å². The van der Waals surface area contributed by atoms with Crippen LogP contribution < -0.4 is 11.3 Å². The minimum absolute atomic E-state index is 0.172. The molecule has 0 saturated heterocycles. The van der Waals surface area contributed by atoms with Crippen LogP contribution in [0.2, 0.25) is 0 Å². The Kier molecular flexibility index (Phi) is 4.34. The first-order chi connectivity index (χ1) is 9.02. The molecule has 2 aromatic carbocycles. The number of aryl methyl sites for hydroxylation is 2. The van der Waals surface area contributed by atoms with Gasteiger partial charge in [-0.1, -0.05) is 40.2 Å². The molecule has 0 spiro atoms. The van der Waals surface area contributed by atoms with E-state index in [-0.39, 0.29) is 11.9 Å². The SMILES string of the molecule is Cc1ccc(C(NN)c2ccc(F)cc2Br)cc1C. The van der Waals surface area contributed by atoms with Crippen molar-refractivity contribution in [2.45, 2.75) is 19.9 Å². The Hall–Kier alpha value is -1.23. The van der Waals surface area contributed by atoms with Crippen molar-refractivity contribution in [3.63, 3.8) is 0 Å². The zero-order chi connectivity index (χ0) is 14.0. The molecule has 1 unspecified atom stereocenters. The number of nitrogens with two attached hydrogens (primary N) is 1. The van der Waals surface area contributed by atoms with Gasteiger partial charge in [0.1, 0.15) is 5.82 Å². The summed E-state index contributed by atoms with van der Waals surface area (Å²) >= 11 is 3.38. The molecule has 0 heterocycles. The average Bonchev–Trinajstić information content (AvgIpc) is 2.37. The molecule has 2 rings (SSSR count). The second kappa shape index (κ2) is 5.82. The fraction of sp³-hybridized carbons (Fsp3) is 0.200. The summed E-state index contributed by atoms with van der Waals surface area (Å²) in [5.41, 5.74) is 7.19. The van der Waals surface area contributed by atoms with Gasteiger partial charge in [0.25, 0.3) is 0 Å². The first-order valence-corrected chi connectivity index (χ1v) is 6.80. The highest BCUT2D eigenvalue weighted by Crippen LogP contribution is 2.29. The van der Waals surface area contributed by atoms with Crippen LogP contribution in [-0.2, 0) is 0 Å². The van der Waals surface area contributed by atoms with Gasteiger partial charge in [-0.05, 0) is 48.2 Å². The minimum atomic E-state index is -0.272. The van der Waals surface area contributed by atoms with Crippen molar-refractivity contribution < 1.29 is 4.39 Å². The molecule has 4 heteroatoms. The lowest BCUT2D eigenvalue weighted by Crippen LogP contribution is -2.29. The first kappa shape index (κ1) is 14.2. The molecule has 0 aliphatic heterocycles. The molecule has 0 fully saturated rings. The Labute approximate surface area is 120 Å². The zero-order valence-corrected chi connectivity index (χ0v) is 12.5. The highest BCUT2D eigenvalue weighted by atomic mass is 79.9. The van der Waals surface area contributed by atoms with Crippen LogP contribution in [0.1, 0.15) is 28.3 Å². The van der Waals surface area contributed by atoms with Crippen molar-refractivity contribution in [2.24, 2.45) is 5.84 Å². The maximum absolute atomic E-state index is 13.2. The average molecular weight is 323 g/mol. The van der Waals surface area contributed by atoms with E-state index in [2.05, 4.69) is 47.3 Å². The van der Waals surface area contributed by atoms with E-state index in [1.54, 1.807) is 6.07 Å². The van der Waals surface area contributed by atoms with Gasteiger partial charge in [-0.25, -0.2) is 9.82 Å². The van der Waals surface area contributed by atoms with Gasteiger partial charge in [0.05, 0.1) is 6.04 Å². The Balaban J connectivity index is 2.46. The Morgan fingerprint density at radius 3 is 2.42 bits per heavy atom. The molecule has 0 bridgehead atoms. The van der Waals surface area contributed by atoms with E-state index in [1.807, 2.05) is 6.07 Å². The fourth-order valence-corrected chi connectivity index (χ4v) is 2.63. The number of hydrogen-bond acceptors (Lipinski definition) is 2. The maximum Gasteiger partial charge on any atom is 0.124 e. The number of benzene rings is 2. The molecule has 19 heavy (non-hydrogen) atoms. The fourth-order valence-electron chi connectivity index (χ4n) is 2.05. The zero-order valence-electron chi connectivity index (χ0n) is 10.9. The molecule has 0 saturated carbocycles. The second-order valence-electron chi connectivity index (χ2n) is 4.61. The molecule has 0 radical (unpaired) electrons. The van der Waals surface area contributed by atoms with E-state index >= 15 is 0 Å². The monoisotopic (exact) mass is 322 g/mol. The maximum atomic E-state index is 13.2. The topological polar surface area (TPSA) is 38.0 Å². The van der Waals surface area contributed by atoms with Gasteiger partial charge >= 0.3 is 0 Å². The van der Waals surface area contributed by atoms with Crippen molar-refractivity contribution in [3.05, 3.63) is 68.9 Å². The van der Waals surface area contributed by atoms with E-state index < -0.39 is 0 Å². The molecule has 2 aromatic rings. The third-order valence-corrected chi connectivity index (χ3v) is 3.99. The number of rotatable bonds is 3. The van der Waals surface area contributed by atoms with Crippen LogP contribution in [-0.4, -0.2) is 0 Å². The second-order valence-corrected chi connectivity index (χ2v) is 5.46. The van der Waals surface area contributed by atoms with Crippen LogP contribution in [0.25, 0.3) is 0 Å². The van der Waals surface area contributed by atoms with E-state index in [0.717, 1.165) is 11.1 Å². The minimum Gasteiger partial charge on any atom is -0.271 e. The summed E-state index contributed by atoms with van der Waals surface area (Å²) in [5, 5.41) is 0. The summed E-state index contributed by atoms with van der Waals surface area (Å²) in [6, 6.07) is 10.6. The van der Waals surface area contributed by atoms with Crippen LogP contribution in [0, 0.1) is 19.7 Å². The van der Waals surface area contributed by atoms with Gasteiger partial charge in [0.2, 0.25) is 0 Å². The van der Waals surface area contributed by atoms with Crippen molar-refractivity contribution in [2.75, 3.05) is 0 Å². The molecule has 3 N–H and O–H groups in total. The van der Waals surface area contributed by atoms with Gasteiger partial charge in [-0.2, -0.15) is 0 Å². The van der Waals surface area contributed by atoms with Crippen LogP contribution in [0.4, 0.5) is 4.39 Å². The molecular formula is C15H16BrFN2. The van der Waals surface area contributed by atoms with Crippen LogP contribution in [0.5, 0.6) is 0 Å². The van der Waals surface area contributed by atoms with Gasteiger partial charge in [-0.15, -0.1) is 0 Å². The molecule has 0 aliphatic rings. The lowest BCUT2D eigenvalue weighted by atomic mass is 9.96. The highest BCUT2D eigenvalue weighted by molar-refractivity contribution is 9.10. The summed E-state index contributed by atoms with van der Waals surface area (Å²) in [7, 11) is 0. The number of hydrazine groups is 1. The summed E-state index contributed by atoms with van der Waals surface area (Å²) in [4.78, 5) is 0. The van der Waals surface area contributed by atoms with Crippen LogP contribution >= 0.6 is 15.9 Å². The van der Waals surface area contributed by atoms with E-state index in [4.69, 9.17) is 5.84 Å². The van der Waals surface area contributed by atoms with Gasteiger partial charge in [0, 0.05) is 4.47 Å². The first-order valence-electron chi connectivity index (χ1n) is 6.01. The van der Waals surface area contributed by atoms with Crippen molar-refractivity contribution in [1.29, 1.82) is 0 Å². The predicted molar refractivity (Wildman–Crippen MR) is 79.2 cm³/mol. The molecule has 0 amide bonds.